The molecule has 1 unspecified atom stereocenters. The zero-order valence-corrected chi connectivity index (χ0v) is 39.0. The number of phenols is 1. The maximum Gasteiger partial charge on any atom is 0.355 e. The standard InChI is InChI=1S/C40H32N8O20S4/c49-12-14-67-30-19-29(31(68-15-13-50)18-28(30)43-42-27-11-10-25-26(38(27)72(64,65)66)2-1-3-32(25)70(58,59)60)44-45-34-33(71(61,62)63)17-20-16-21(4-9-24(20)37(34)51)41-46-35-36(40(53)54)47-48(39(35)52)22-5-7-23(8-6-22)69(55,56)57/h1-11,16-19,35,49-51H,12-15H2,(H,53,54)(H,55,56,57)(H,58,59,60)(H,61,62,63)(H,64,65,66)/b43-42+,45-44+,46-41+. The fraction of sp³-hybridized carbons (Fsp3) is 0.125. The fourth-order valence-electron chi connectivity index (χ4n) is 6.78. The minimum Gasteiger partial charge on any atom is -0.505 e. The van der Waals surface area contributed by atoms with Crippen LogP contribution in [0.15, 0.2) is 146 Å². The summed E-state index contributed by atoms with van der Waals surface area (Å²) >= 11 is 0. The van der Waals surface area contributed by atoms with Gasteiger partial charge in [0, 0.05) is 28.3 Å². The predicted molar refractivity (Wildman–Crippen MR) is 246 cm³/mol. The predicted octanol–water partition coefficient (Wildman–Crippen LogP) is 5.20. The molecular weight excluding hydrogens is 1040 g/mol. The van der Waals surface area contributed by atoms with Gasteiger partial charge in [0.25, 0.3) is 46.4 Å². The summed E-state index contributed by atoms with van der Waals surface area (Å²) in [6.45, 7) is -2.01. The van der Waals surface area contributed by atoms with Gasteiger partial charge in [0.15, 0.2) is 11.5 Å². The molecule has 8 N–H and O–H groups in total. The van der Waals surface area contributed by atoms with Crippen LogP contribution in [0.4, 0.5) is 34.1 Å². The highest BCUT2D eigenvalue weighted by molar-refractivity contribution is 7.87. The van der Waals surface area contributed by atoms with Crippen molar-refractivity contribution in [2.45, 2.75) is 25.6 Å². The minimum absolute atomic E-state index is 0.0971. The normalized spacial score (nSPS) is 14.9. The molecule has 1 amide bonds. The number of fused-ring (bicyclic) bond motifs is 2. The summed E-state index contributed by atoms with van der Waals surface area (Å²) < 4.78 is 148. The summed E-state index contributed by atoms with van der Waals surface area (Å²) in [7, 11) is -19.9. The van der Waals surface area contributed by atoms with Gasteiger partial charge >= 0.3 is 5.97 Å². The lowest BCUT2D eigenvalue weighted by molar-refractivity contribution is -0.130. The third kappa shape index (κ3) is 11.1. The van der Waals surface area contributed by atoms with Crippen LogP contribution in [0, 0.1) is 0 Å². The number of carbonyl (C=O) groups excluding carboxylic acids is 1. The first kappa shape index (κ1) is 52.0. The molecule has 1 atom stereocenters. The number of aromatic hydroxyl groups is 1. The number of amides is 1. The number of carbonyl (C=O) groups is 2. The van der Waals surface area contributed by atoms with E-state index in [9.17, 15) is 81.9 Å². The number of hydrogen-bond acceptors (Lipinski definition) is 22. The summed E-state index contributed by atoms with van der Waals surface area (Å²) in [5, 5.41) is 67.2. The smallest absolute Gasteiger partial charge is 0.355 e. The lowest BCUT2D eigenvalue weighted by Crippen LogP contribution is -2.33. The third-order valence-electron chi connectivity index (χ3n) is 9.86. The Bertz CT molecular complexity index is 3810. The molecule has 0 saturated heterocycles. The molecule has 1 heterocycles. The third-order valence-corrected chi connectivity index (χ3v) is 13.4. The lowest BCUT2D eigenvalue weighted by atomic mass is 10.1. The van der Waals surface area contributed by atoms with Crippen LogP contribution in [0.2, 0.25) is 0 Å². The van der Waals surface area contributed by atoms with E-state index >= 15 is 0 Å². The van der Waals surface area contributed by atoms with Gasteiger partial charge in [-0.25, -0.2) is 4.79 Å². The number of hydrazone groups is 1. The monoisotopic (exact) mass is 1070 g/mol. The van der Waals surface area contributed by atoms with Gasteiger partial charge in [-0.1, -0.05) is 18.2 Å². The van der Waals surface area contributed by atoms with Gasteiger partial charge in [0.05, 0.1) is 29.5 Å². The van der Waals surface area contributed by atoms with Gasteiger partial charge in [0.1, 0.15) is 62.1 Å². The van der Waals surface area contributed by atoms with Crippen LogP contribution >= 0.6 is 0 Å². The van der Waals surface area contributed by atoms with Crippen LogP contribution < -0.4 is 14.5 Å². The first-order valence-corrected chi connectivity index (χ1v) is 25.5. The number of aliphatic hydroxyl groups excluding tert-OH is 2. The number of benzene rings is 6. The van der Waals surface area contributed by atoms with E-state index in [0.717, 1.165) is 78.9 Å². The largest absolute Gasteiger partial charge is 0.505 e. The van der Waals surface area contributed by atoms with Crippen LogP contribution in [0.3, 0.4) is 0 Å². The van der Waals surface area contributed by atoms with E-state index in [-0.39, 0.29) is 55.8 Å². The van der Waals surface area contributed by atoms with Crippen molar-refractivity contribution in [2.24, 2.45) is 35.8 Å². The highest BCUT2D eigenvalue weighted by Crippen LogP contribution is 2.46. The lowest BCUT2D eigenvalue weighted by Gasteiger charge is -2.13. The first-order valence-electron chi connectivity index (χ1n) is 19.7. The van der Waals surface area contributed by atoms with Crippen LogP contribution in [-0.4, -0.2) is 122 Å². The maximum atomic E-state index is 13.3. The van der Waals surface area contributed by atoms with E-state index in [1.165, 1.54) is 12.1 Å². The molecule has 7 rings (SSSR count). The Hall–Kier alpha value is -7.79. The molecule has 28 nitrogen and oxygen atoms in total. The average Bonchev–Trinajstić information content (AvgIpc) is 3.65. The SMILES string of the molecule is O=C(O)C1=NN(c2ccc(S(=O)(=O)O)cc2)C(=O)C1/N=N/c1ccc2c(O)c(/N=N/c3cc(OCCO)c(/N=N/c4ccc5c(S(=O)(=O)O)cccc5c4S(=O)(=O)O)cc3OCCO)c(S(=O)(=O)O)cc2c1. The van der Waals surface area contributed by atoms with Crippen molar-refractivity contribution in [3.8, 4) is 17.2 Å². The van der Waals surface area contributed by atoms with Crippen molar-refractivity contribution in [3.05, 3.63) is 91.0 Å². The van der Waals surface area contributed by atoms with Crippen LogP contribution in [0.1, 0.15) is 0 Å². The molecule has 6 aromatic rings. The summed E-state index contributed by atoms with van der Waals surface area (Å²) in [6, 6.07) is 13.9. The van der Waals surface area contributed by atoms with Crippen molar-refractivity contribution in [2.75, 3.05) is 31.4 Å². The Balaban J connectivity index is 1.25. The number of hydrogen-bond donors (Lipinski definition) is 8. The van der Waals surface area contributed by atoms with Crippen molar-refractivity contribution >= 4 is 114 Å². The number of aliphatic carboxylic acids is 1. The summed E-state index contributed by atoms with van der Waals surface area (Å²) in [4.78, 5) is 22.2. The number of azo groups is 3. The first-order chi connectivity index (χ1) is 33.8. The molecule has 6 aromatic carbocycles. The number of phenolic OH excluding ortho intramolecular Hbond substituents is 1. The molecule has 0 spiro atoms. The molecule has 1 aliphatic heterocycles. The van der Waals surface area contributed by atoms with E-state index < -0.39 is 127 Å². The topological polar surface area (TPSA) is 441 Å². The summed E-state index contributed by atoms with van der Waals surface area (Å²) in [5.41, 5.74) is -3.06. The molecule has 0 aliphatic carbocycles. The number of aliphatic hydroxyl groups is 2. The quantitative estimate of drug-likeness (QED) is 0.0405. The van der Waals surface area contributed by atoms with E-state index in [1.54, 1.807) is 0 Å². The molecule has 1 aliphatic rings. The molecule has 72 heavy (non-hydrogen) atoms. The van der Waals surface area contributed by atoms with Gasteiger partial charge in [0.2, 0.25) is 6.04 Å². The van der Waals surface area contributed by atoms with Crippen LogP contribution in [-0.2, 0) is 50.1 Å². The van der Waals surface area contributed by atoms with Gasteiger partial charge < -0.3 is 29.9 Å². The second-order valence-corrected chi connectivity index (χ2v) is 20.1. The Morgan fingerprint density at radius 3 is 1.76 bits per heavy atom. The second-order valence-electron chi connectivity index (χ2n) is 14.5. The van der Waals surface area contributed by atoms with Gasteiger partial charge in [-0.05, 0) is 66.0 Å². The number of carboxylic acid groups (broad SMARTS) is 1. The number of anilines is 1. The van der Waals surface area contributed by atoms with E-state index in [2.05, 4.69) is 35.8 Å². The van der Waals surface area contributed by atoms with Gasteiger partial charge in [-0.2, -0.15) is 54.0 Å². The second kappa shape index (κ2) is 20.1. The van der Waals surface area contributed by atoms with Crippen molar-refractivity contribution in [1.29, 1.82) is 0 Å². The van der Waals surface area contributed by atoms with Crippen LogP contribution in [0.5, 0.6) is 17.2 Å². The fourth-order valence-corrected chi connectivity index (χ4v) is 9.46. The highest BCUT2D eigenvalue weighted by Gasteiger charge is 2.41. The molecule has 0 saturated carbocycles. The highest BCUT2D eigenvalue weighted by atomic mass is 32.2. The van der Waals surface area contributed by atoms with E-state index in [0.29, 0.717) is 5.01 Å². The number of rotatable bonds is 18. The number of ether oxygens (including phenoxy) is 2. The zero-order chi connectivity index (χ0) is 52.5. The van der Waals surface area contributed by atoms with E-state index in [4.69, 9.17) is 9.47 Å². The van der Waals surface area contributed by atoms with Gasteiger partial charge in [-0.15, -0.1) is 20.5 Å². The molecule has 0 radical (unpaired) electrons. The maximum absolute atomic E-state index is 13.3. The number of nitrogens with zero attached hydrogens (tertiary/aromatic N) is 8. The minimum atomic E-state index is -5.27. The summed E-state index contributed by atoms with van der Waals surface area (Å²) in [5.74, 6) is -4.19. The van der Waals surface area contributed by atoms with Gasteiger partial charge in [-0.3, -0.25) is 23.0 Å². The Labute approximate surface area is 404 Å². The van der Waals surface area contributed by atoms with E-state index in [1.807, 2.05) is 0 Å². The number of carboxylic acids is 1. The Morgan fingerprint density at radius 2 is 1.21 bits per heavy atom. The average molecular weight is 1070 g/mol. The van der Waals surface area contributed by atoms with Crippen molar-refractivity contribution in [1.82, 2.24) is 0 Å². The molecule has 0 bridgehead atoms. The molecule has 0 aromatic heterocycles. The molecule has 376 valence electrons. The molecular formula is C40H32N8O20S4. The summed E-state index contributed by atoms with van der Waals surface area (Å²) in [6.07, 6.45) is 0. The van der Waals surface area contributed by atoms with Crippen LogP contribution in [0.25, 0.3) is 21.5 Å². The van der Waals surface area contributed by atoms with Crippen molar-refractivity contribution in [3.63, 3.8) is 0 Å². The molecule has 32 heteroatoms. The Morgan fingerprint density at radius 1 is 0.625 bits per heavy atom. The Kier molecular flexibility index (Phi) is 14.6. The van der Waals surface area contributed by atoms with Crippen molar-refractivity contribution < 1.29 is 91.4 Å². The zero-order valence-electron chi connectivity index (χ0n) is 35.8. The molecule has 0 fully saturated rings.